The highest BCUT2D eigenvalue weighted by Crippen LogP contribution is 2.29. The van der Waals surface area contributed by atoms with Gasteiger partial charge in [0, 0.05) is 36.5 Å². The number of aromatic nitrogens is 2. The third-order valence-electron chi connectivity index (χ3n) is 5.65. The van der Waals surface area contributed by atoms with Crippen molar-refractivity contribution in [3.63, 3.8) is 0 Å². The summed E-state index contributed by atoms with van der Waals surface area (Å²) in [6, 6.07) is 7.84. The van der Waals surface area contributed by atoms with E-state index in [1.807, 2.05) is 35.4 Å². The normalized spacial score (nSPS) is 19.8. The van der Waals surface area contributed by atoms with Gasteiger partial charge in [-0.05, 0) is 37.3 Å². The first-order valence-corrected chi connectivity index (χ1v) is 10.2. The minimum atomic E-state index is 0.154. The number of carbonyl (C=O) groups excluding carboxylic acids is 1. The molecule has 2 aliphatic rings. The molecule has 0 radical (unpaired) electrons. The topological polar surface area (TPSA) is 47.4 Å². The van der Waals surface area contributed by atoms with E-state index in [0.717, 1.165) is 55.1 Å². The van der Waals surface area contributed by atoms with Gasteiger partial charge >= 0.3 is 0 Å². The van der Waals surface area contributed by atoms with Crippen molar-refractivity contribution in [3.8, 4) is 0 Å². The fraction of sp³-hybridized carbons (Fsp3) is 0.524. The summed E-state index contributed by atoms with van der Waals surface area (Å²) >= 11 is 6.32. The Balaban J connectivity index is 1.49. The molecule has 0 bridgehead atoms. The Kier molecular flexibility index (Phi) is 5.79. The van der Waals surface area contributed by atoms with Crippen LogP contribution in [0.1, 0.15) is 43.5 Å². The summed E-state index contributed by atoms with van der Waals surface area (Å²) in [5.74, 6) is 1.32. The second kappa shape index (κ2) is 8.44. The van der Waals surface area contributed by atoms with Crippen molar-refractivity contribution in [2.75, 3.05) is 13.2 Å². The molecule has 1 atom stereocenters. The molecule has 144 valence electrons. The molecule has 6 heteroatoms. The highest BCUT2D eigenvalue weighted by atomic mass is 35.5. The Bertz CT molecular complexity index is 781. The number of halogens is 1. The predicted molar refractivity (Wildman–Crippen MR) is 105 cm³/mol. The van der Waals surface area contributed by atoms with Crippen LogP contribution >= 0.6 is 11.6 Å². The molecule has 0 N–H and O–H groups in total. The van der Waals surface area contributed by atoms with Gasteiger partial charge in [-0.2, -0.15) is 0 Å². The van der Waals surface area contributed by atoms with Gasteiger partial charge in [-0.3, -0.25) is 4.79 Å². The van der Waals surface area contributed by atoms with Gasteiger partial charge in [0.15, 0.2) is 0 Å². The van der Waals surface area contributed by atoms with Gasteiger partial charge in [0.25, 0.3) is 0 Å². The Labute approximate surface area is 165 Å². The molecule has 1 amide bonds. The van der Waals surface area contributed by atoms with Crippen molar-refractivity contribution >= 4 is 17.5 Å². The number of nitrogens with zero attached hydrogens (tertiary/aromatic N) is 3. The number of hydrogen-bond acceptors (Lipinski definition) is 3. The number of hydrogen-bond donors (Lipinski definition) is 0. The van der Waals surface area contributed by atoms with E-state index < -0.39 is 0 Å². The minimum Gasteiger partial charge on any atom is -0.376 e. The standard InChI is InChI=1S/C21H26ClN3O2/c22-19-9-2-1-5-17(19)13-24-11-10-23-20(24)15-25(14-18-8-4-12-27-18)21(26)16-6-3-7-16/h1-2,5,9-11,16,18H,3-4,6-8,12-15H2/t18-/m0/s1. The maximum Gasteiger partial charge on any atom is 0.226 e. The molecule has 2 heterocycles. The zero-order valence-corrected chi connectivity index (χ0v) is 16.3. The molecule has 0 spiro atoms. The molecule has 1 aliphatic carbocycles. The number of rotatable bonds is 7. The van der Waals surface area contributed by atoms with Crippen LogP contribution in [0.5, 0.6) is 0 Å². The van der Waals surface area contributed by atoms with E-state index in [2.05, 4.69) is 9.55 Å². The van der Waals surface area contributed by atoms with Crippen molar-refractivity contribution < 1.29 is 9.53 Å². The van der Waals surface area contributed by atoms with Gasteiger partial charge in [0.1, 0.15) is 5.82 Å². The quantitative estimate of drug-likeness (QED) is 0.724. The molecular formula is C21H26ClN3O2. The van der Waals surface area contributed by atoms with E-state index in [-0.39, 0.29) is 17.9 Å². The van der Waals surface area contributed by atoms with Crippen molar-refractivity contribution in [2.24, 2.45) is 5.92 Å². The van der Waals surface area contributed by atoms with Crippen molar-refractivity contribution in [1.29, 1.82) is 0 Å². The Morgan fingerprint density at radius 3 is 2.81 bits per heavy atom. The molecule has 4 rings (SSSR count). The Morgan fingerprint density at radius 1 is 1.26 bits per heavy atom. The van der Waals surface area contributed by atoms with Crippen LogP contribution in [0, 0.1) is 5.92 Å². The molecule has 1 saturated carbocycles. The predicted octanol–water partition coefficient (Wildman–Crippen LogP) is 3.89. The van der Waals surface area contributed by atoms with Crippen LogP contribution in [0.25, 0.3) is 0 Å². The van der Waals surface area contributed by atoms with E-state index in [1.165, 1.54) is 0 Å². The number of amides is 1. The summed E-state index contributed by atoms with van der Waals surface area (Å²) in [6.07, 6.45) is 9.19. The summed E-state index contributed by atoms with van der Waals surface area (Å²) in [4.78, 5) is 19.5. The molecule has 1 aromatic heterocycles. The fourth-order valence-corrected chi connectivity index (χ4v) is 3.99. The van der Waals surface area contributed by atoms with Gasteiger partial charge in [-0.15, -0.1) is 0 Å². The van der Waals surface area contributed by atoms with Crippen LogP contribution in [0.3, 0.4) is 0 Å². The second-order valence-electron chi connectivity index (χ2n) is 7.54. The SMILES string of the molecule is O=C(C1CCC1)N(Cc1nccn1Cc1ccccc1Cl)C[C@@H]1CCCO1. The van der Waals surface area contributed by atoms with Crippen molar-refractivity contribution in [3.05, 3.63) is 53.1 Å². The van der Waals surface area contributed by atoms with Crippen molar-refractivity contribution in [1.82, 2.24) is 14.5 Å². The van der Waals surface area contributed by atoms with Crippen molar-refractivity contribution in [2.45, 2.75) is 51.3 Å². The van der Waals surface area contributed by atoms with Gasteiger partial charge < -0.3 is 14.2 Å². The monoisotopic (exact) mass is 387 g/mol. The third-order valence-corrected chi connectivity index (χ3v) is 6.02. The minimum absolute atomic E-state index is 0.154. The summed E-state index contributed by atoms with van der Waals surface area (Å²) < 4.78 is 7.87. The zero-order valence-electron chi connectivity index (χ0n) is 15.5. The number of ether oxygens (including phenoxy) is 1. The van der Waals surface area contributed by atoms with Gasteiger partial charge in [-0.25, -0.2) is 4.98 Å². The first kappa shape index (κ1) is 18.5. The van der Waals surface area contributed by atoms with E-state index in [9.17, 15) is 4.79 Å². The molecule has 2 fully saturated rings. The summed E-state index contributed by atoms with van der Waals surface area (Å²) in [6.45, 7) is 2.64. The van der Waals surface area contributed by atoms with Crippen LogP contribution < -0.4 is 0 Å². The number of benzene rings is 1. The lowest BCUT2D eigenvalue weighted by Gasteiger charge is -2.33. The van der Waals surface area contributed by atoms with E-state index in [4.69, 9.17) is 16.3 Å². The summed E-state index contributed by atoms with van der Waals surface area (Å²) in [5, 5.41) is 0.749. The Morgan fingerprint density at radius 2 is 2.11 bits per heavy atom. The van der Waals surface area contributed by atoms with E-state index >= 15 is 0 Å². The average molecular weight is 388 g/mol. The van der Waals surface area contributed by atoms with Gasteiger partial charge in [0.05, 0.1) is 19.2 Å². The van der Waals surface area contributed by atoms with Crippen LogP contribution in [0.4, 0.5) is 0 Å². The van der Waals surface area contributed by atoms with Crippen LogP contribution in [0.15, 0.2) is 36.7 Å². The maximum absolute atomic E-state index is 13.0. The smallest absolute Gasteiger partial charge is 0.226 e. The first-order chi connectivity index (χ1) is 13.2. The summed E-state index contributed by atoms with van der Waals surface area (Å²) in [7, 11) is 0. The molecule has 27 heavy (non-hydrogen) atoms. The lowest BCUT2D eigenvalue weighted by atomic mass is 9.84. The third kappa shape index (κ3) is 4.36. The lowest BCUT2D eigenvalue weighted by Crippen LogP contribution is -2.42. The summed E-state index contributed by atoms with van der Waals surface area (Å²) in [5.41, 5.74) is 1.05. The fourth-order valence-electron chi connectivity index (χ4n) is 3.80. The highest BCUT2D eigenvalue weighted by Gasteiger charge is 2.32. The molecule has 1 saturated heterocycles. The first-order valence-electron chi connectivity index (χ1n) is 9.84. The maximum atomic E-state index is 13.0. The van der Waals surface area contributed by atoms with Crippen LogP contribution in [-0.4, -0.2) is 39.6 Å². The van der Waals surface area contributed by atoms with Gasteiger partial charge in [-0.1, -0.05) is 36.2 Å². The number of carbonyl (C=O) groups is 1. The molecule has 1 aliphatic heterocycles. The van der Waals surface area contributed by atoms with Crippen LogP contribution in [-0.2, 0) is 22.6 Å². The second-order valence-corrected chi connectivity index (χ2v) is 7.95. The lowest BCUT2D eigenvalue weighted by molar-refractivity contribution is -0.140. The number of imidazole rings is 1. The molecular weight excluding hydrogens is 362 g/mol. The zero-order chi connectivity index (χ0) is 18.6. The van der Waals surface area contributed by atoms with Crippen LogP contribution in [0.2, 0.25) is 5.02 Å². The average Bonchev–Trinajstić information content (AvgIpc) is 3.27. The Hall–Kier alpha value is -1.85. The molecule has 1 aromatic carbocycles. The van der Waals surface area contributed by atoms with Gasteiger partial charge in [0.2, 0.25) is 5.91 Å². The highest BCUT2D eigenvalue weighted by molar-refractivity contribution is 6.31. The molecule has 2 aromatic rings. The van der Waals surface area contributed by atoms with E-state index in [0.29, 0.717) is 19.6 Å². The van der Waals surface area contributed by atoms with E-state index in [1.54, 1.807) is 6.20 Å². The molecule has 5 nitrogen and oxygen atoms in total. The molecule has 0 unspecified atom stereocenters. The largest absolute Gasteiger partial charge is 0.376 e.